The van der Waals surface area contributed by atoms with Gasteiger partial charge in [0.05, 0.1) is 6.61 Å². The van der Waals surface area contributed by atoms with Crippen LogP contribution in [0.15, 0.2) is 0 Å². The molecule has 3 heterocycles. The van der Waals surface area contributed by atoms with Crippen LogP contribution in [0.3, 0.4) is 0 Å². The van der Waals surface area contributed by atoms with Gasteiger partial charge in [0, 0.05) is 6.42 Å². The Morgan fingerprint density at radius 3 is 2.50 bits per heavy atom. The SMILES string of the molecule is CC(=O)C[C@@H](O)[C@@]12OC[C@H]3OC(C)(C)O[C@H]3[C@@H]1OC(C)(C)O2. The summed E-state index contributed by atoms with van der Waals surface area (Å²) in [6.45, 7) is 8.75. The second-order valence-corrected chi connectivity index (χ2v) is 7.13. The third-order valence-electron chi connectivity index (χ3n) is 4.15. The lowest BCUT2D eigenvalue weighted by molar-refractivity contribution is -0.317. The van der Waals surface area contributed by atoms with E-state index in [-0.39, 0.29) is 24.9 Å². The van der Waals surface area contributed by atoms with Gasteiger partial charge in [-0.2, -0.15) is 0 Å². The molecule has 5 atom stereocenters. The molecule has 7 nitrogen and oxygen atoms in total. The van der Waals surface area contributed by atoms with E-state index in [0.717, 1.165) is 0 Å². The van der Waals surface area contributed by atoms with Crippen LogP contribution in [-0.4, -0.2) is 59.3 Å². The molecule has 0 radical (unpaired) electrons. The zero-order valence-corrected chi connectivity index (χ0v) is 13.6. The molecule has 126 valence electrons. The zero-order valence-electron chi connectivity index (χ0n) is 13.6. The Morgan fingerprint density at radius 1 is 1.18 bits per heavy atom. The topological polar surface area (TPSA) is 83.5 Å². The van der Waals surface area contributed by atoms with Gasteiger partial charge in [0.2, 0.25) is 5.79 Å². The molecule has 3 fully saturated rings. The van der Waals surface area contributed by atoms with Gasteiger partial charge in [-0.25, -0.2) is 0 Å². The number of ether oxygens (including phenoxy) is 5. The van der Waals surface area contributed by atoms with Crippen molar-refractivity contribution < 1.29 is 33.6 Å². The first-order valence-electron chi connectivity index (χ1n) is 7.60. The summed E-state index contributed by atoms with van der Waals surface area (Å²) in [6.07, 6.45) is -2.60. The van der Waals surface area contributed by atoms with Crippen molar-refractivity contribution in [2.24, 2.45) is 0 Å². The lowest BCUT2D eigenvalue weighted by Crippen LogP contribution is -2.63. The number of carbonyl (C=O) groups is 1. The quantitative estimate of drug-likeness (QED) is 0.821. The van der Waals surface area contributed by atoms with E-state index in [0.29, 0.717) is 0 Å². The Morgan fingerprint density at radius 2 is 1.86 bits per heavy atom. The molecule has 0 spiro atoms. The van der Waals surface area contributed by atoms with Crippen molar-refractivity contribution in [2.75, 3.05) is 6.61 Å². The van der Waals surface area contributed by atoms with Gasteiger partial charge in [0.25, 0.3) is 0 Å². The van der Waals surface area contributed by atoms with Crippen LogP contribution in [-0.2, 0) is 28.5 Å². The van der Waals surface area contributed by atoms with Gasteiger partial charge in [-0.1, -0.05) is 0 Å². The fourth-order valence-electron chi connectivity index (χ4n) is 3.49. The fourth-order valence-corrected chi connectivity index (χ4v) is 3.49. The van der Waals surface area contributed by atoms with Crippen LogP contribution in [0.25, 0.3) is 0 Å². The Balaban J connectivity index is 1.92. The number of aliphatic hydroxyl groups is 1. The zero-order chi connectivity index (χ0) is 16.3. The highest BCUT2D eigenvalue weighted by Gasteiger charge is 2.67. The third kappa shape index (κ3) is 2.60. The lowest BCUT2D eigenvalue weighted by Gasteiger charge is -2.43. The first kappa shape index (κ1) is 16.3. The van der Waals surface area contributed by atoms with Crippen molar-refractivity contribution >= 4 is 5.78 Å². The number of rotatable bonds is 3. The molecule has 0 amide bonds. The predicted octanol–water partition coefficient (Wildman–Crippen LogP) is 0.724. The molecule has 0 bridgehead atoms. The summed E-state index contributed by atoms with van der Waals surface area (Å²) in [5.41, 5.74) is 0. The minimum Gasteiger partial charge on any atom is -0.387 e. The minimum atomic E-state index is -1.42. The van der Waals surface area contributed by atoms with Crippen LogP contribution in [0.4, 0.5) is 0 Å². The summed E-state index contributed by atoms with van der Waals surface area (Å²) in [7, 11) is 0. The monoisotopic (exact) mass is 316 g/mol. The van der Waals surface area contributed by atoms with Gasteiger partial charge < -0.3 is 28.8 Å². The van der Waals surface area contributed by atoms with Gasteiger partial charge in [-0.15, -0.1) is 0 Å². The number of carbonyl (C=O) groups excluding carboxylic acids is 1. The molecule has 3 saturated heterocycles. The second-order valence-electron chi connectivity index (χ2n) is 7.13. The summed E-state index contributed by atoms with van der Waals surface area (Å²) >= 11 is 0. The maximum absolute atomic E-state index is 11.4. The molecule has 0 aromatic heterocycles. The third-order valence-corrected chi connectivity index (χ3v) is 4.15. The standard InChI is InChI=1S/C15H24O7/c1-8(16)6-10(17)15-12(21-14(4,5)22-15)11-9(7-18-15)19-13(2,3)20-11/h9-12,17H,6-7H2,1-5H3/t9-,10-,11-,12+,15+/m1/s1. The molecular weight excluding hydrogens is 292 g/mol. The highest BCUT2D eigenvalue weighted by Crippen LogP contribution is 2.49. The molecule has 22 heavy (non-hydrogen) atoms. The van der Waals surface area contributed by atoms with E-state index in [9.17, 15) is 9.90 Å². The molecule has 0 saturated carbocycles. The van der Waals surface area contributed by atoms with Gasteiger partial charge in [0.15, 0.2) is 11.6 Å². The van der Waals surface area contributed by atoms with Crippen LogP contribution in [0.5, 0.6) is 0 Å². The van der Waals surface area contributed by atoms with Crippen molar-refractivity contribution in [1.82, 2.24) is 0 Å². The van der Waals surface area contributed by atoms with E-state index in [2.05, 4.69) is 0 Å². The van der Waals surface area contributed by atoms with Crippen molar-refractivity contribution in [3.63, 3.8) is 0 Å². The molecule has 3 rings (SSSR count). The Kier molecular flexibility index (Phi) is 3.67. The summed E-state index contributed by atoms with van der Waals surface area (Å²) in [5.74, 6) is -3.27. The molecule has 7 heteroatoms. The lowest BCUT2D eigenvalue weighted by atomic mass is 9.90. The minimum absolute atomic E-state index is 0.0718. The Bertz CT molecular complexity index is 475. The van der Waals surface area contributed by atoms with Crippen molar-refractivity contribution in [3.05, 3.63) is 0 Å². The van der Waals surface area contributed by atoms with Crippen LogP contribution in [0.2, 0.25) is 0 Å². The molecule has 0 aromatic carbocycles. The van der Waals surface area contributed by atoms with Gasteiger partial charge in [0.1, 0.15) is 30.2 Å². The molecule has 0 aliphatic carbocycles. The molecule has 0 unspecified atom stereocenters. The maximum atomic E-state index is 11.4. The highest BCUT2D eigenvalue weighted by molar-refractivity contribution is 5.76. The van der Waals surface area contributed by atoms with Crippen molar-refractivity contribution in [3.8, 4) is 0 Å². The number of fused-ring (bicyclic) bond motifs is 3. The number of Topliss-reactive ketones (excluding diaryl/α,β-unsaturated/α-hetero) is 1. The van der Waals surface area contributed by atoms with E-state index >= 15 is 0 Å². The molecule has 1 N–H and O–H groups in total. The van der Waals surface area contributed by atoms with E-state index in [1.54, 1.807) is 13.8 Å². The largest absolute Gasteiger partial charge is 0.387 e. The van der Waals surface area contributed by atoms with Gasteiger partial charge >= 0.3 is 0 Å². The van der Waals surface area contributed by atoms with Crippen LogP contribution < -0.4 is 0 Å². The first-order valence-corrected chi connectivity index (χ1v) is 7.60. The Hall–Kier alpha value is -0.570. The number of hydrogen-bond donors (Lipinski definition) is 1. The van der Waals surface area contributed by atoms with E-state index in [1.807, 2.05) is 13.8 Å². The number of ketones is 1. The second kappa shape index (κ2) is 4.96. The number of hydrogen-bond acceptors (Lipinski definition) is 7. The molecule has 0 aromatic rings. The van der Waals surface area contributed by atoms with Crippen LogP contribution in [0.1, 0.15) is 41.0 Å². The van der Waals surface area contributed by atoms with Crippen LogP contribution >= 0.6 is 0 Å². The summed E-state index contributed by atoms with van der Waals surface area (Å²) in [5, 5.41) is 10.5. The smallest absolute Gasteiger partial charge is 0.227 e. The fraction of sp³-hybridized carbons (Fsp3) is 0.933. The molecule has 3 aliphatic rings. The highest BCUT2D eigenvalue weighted by atomic mass is 16.9. The molecule has 3 aliphatic heterocycles. The molecular formula is C15H24O7. The predicted molar refractivity (Wildman–Crippen MR) is 73.8 cm³/mol. The first-order chi connectivity index (χ1) is 10.0. The van der Waals surface area contributed by atoms with E-state index in [4.69, 9.17) is 23.7 Å². The van der Waals surface area contributed by atoms with Crippen LogP contribution in [0, 0.1) is 0 Å². The summed E-state index contributed by atoms with van der Waals surface area (Å²) in [6, 6.07) is 0. The Labute approximate surface area is 129 Å². The van der Waals surface area contributed by atoms with Crippen molar-refractivity contribution in [1.29, 1.82) is 0 Å². The van der Waals surface area contributed by atoms with Crippen molar-refractivity contribution in [2.45, 2.75) is 82.8 Å². The van der Waals surface area contributed by atoms with E-state index < -0.39 is 35.7 Å². The summed E-state index contributed by atoms with van der Waals surface area (Å²) < 4.78 is 29.4. The van der Waals surface area contributed by atoms with Gasteiger partial charge in [-0.3, -0.25) is 4.79 Å². The average molecular weight is 316 g/mol. The maximum Gasteiger partial charge on any atom is 0.227 e. The van der Waals surface area contributed by atoms with Gasteiger partial charge in [-0.05, 0) is 34.6 Å². The normalized spacial score (nSPS) is 43.5. The number of aliphatic hydroxyl groups excluding tert-OH is 1. The van der Waals surface area contributed by atoms with E-state index in [1.165, 1.54) is 6.92 Å². The average Bonchev–Trinajstić information content (AvgIpc) is 2.80. The summed E-state index contributed by atoms with van der Waals surface area (Å²) in [4.78, 5) is 11.4.